The quantitative estimate of drug-likeness (QED) is 0.357. The molecule has 0 aliphatic rings. The first kappa shape index (κ1) is 24.6. The molecule has 0 spiro atoms. The highest BCUT2D eigenvalue weighted by Crippen LogP contribution is 2.15. The number of likely N-dealkylation sites (N-methyl/N-ethyl adjacent to an activating group) is 1. The van der Waals surface area contributed by atoms with Gasteiger partial charge in [0.1, 0.15) is 11.8 Å². The van der Waals surface area contributed by atoms with Crippen molar-refractivity contribution in [2.45, 2.75) is 77.7 Å². The lowest BCUT2D eigenvalue weighted by Crippen LogP contribution is -2.42. The fraction of sp³-hybridized carbons (Fsp3) is 0.762. The summed E-state index contributed by atoms with van der Waals surface area (Å²) >= 11 is 0. The van der Waals surface area contributed by atoms with E-state index in [0.29, 0.717) is 11.3 Å². The second-order valence-corrected chi connectivity index (χ2v) is 8.43. The first-order chi connectivity index (χ1) is 13.0. The predicted molar refractivity (Wildman–Crippen MR) is 121 cm³/mol. The molecule has 0 aliphatic heterocycles. The van der Waals surface area contributed by atoms with Crippen LogP contribution in [-0.2, 0) is 6.54 Å². The Morgan fingerprint density at radius 3 is 2.11 bits per heavy atom. The lowest BCUT2D eigenvalue weighted by atomic mass is 10.1. The van der Waals surface area contributed by atoms with Crippen molar-refractivity contribution < 1.29 is 4.48 Å². The summed E-state index contributed by atoms with van der Waals surface area (Å²) in [6, 6.07) is 0. The molecule has 6 nitrogen and oxygen atoms in total. The van der Waals surface area contributed by atoms with E-state index in [9.17, 15) is 0 Å². The van der Waals surface area contributed by atoms with E-state index in [1.807, 2.05) is 6.33 Å². The van der Waals surface area contributed by atoms with E-state index >= 15 is 0 Å². The van der Waals surface area contributed by atoms with Gasteiger partial charge in [0.05, 0.1) is 40.1 Å². The molecule has 0 saturated carbocycles. The standard InChI is InChI=1S/C21H39N6.ClH/c1-4-5-6-7-8-9-10-11-12-13-15-27(2,3)16-14-26-18-25-19-20(22)23-17-24-21(19)26;/h17-18H,4-16H2,1-3H3,(H2,22,23,24);1H/q+1;. The Morgan fingerprint density at radius 1 is 0.857 bits per heavy atom. The van der Waals surface area contributed by atoms with Crippen molar-refractivity contribution in [1.29, 1.82) is 0 Å². The number of halogens is 1. The molecule has 2 aromatic rings. The maximum Gasteiger partial charge on any atom is 0.165 e. The lowest BCUT2D eigenvalue weighted by molar-refractivity contribution is -0.891. The second-order valence-electron chi connectivity index (χ2n) is 8.43. The van der Waals surface area contributed by atoms with Gasteiger partial charge < -0.3 is 14.8 Å². The monoisotopic (exact) mass is 411 g/mol. The number of imidazole rings is 1. The Kier molecular flexibility index (Phi) is 11.4. The van der Waals surface area contributed by atoms with Crippen LogP contribution in [0.5, 0.6) is 0 Å². The minimum atomic E-state index is 0. The van der Waals surface area contributed by atoms with E-state index in [-0.39, 0.29) is 12.4 Å². The number of nitrogens with zero attached hydrogens (tertiary/aromatic N) is 5. The van der Waals surface area contributed by atoms with E-state index in [1.165, 1.54) is 77.1 Å². The minimum absolute atomic E-state index is 0. The van der Waals surface area contributed by atoms with E-state index in [2.05, 4.69) is 40.5 Å². The van der Waals surface area contributed by atoms with Gasteiger partial charge >= 0.3 is 0 Å². The molecule has 0 bridgehead atoms. The zero-order valence-electron chi connectivity index (χ0n) is 18.1. The molecule has 2 N–H and O–H groups in total. The molecule has 0 aliphatic carbocycles. The van der Waals surface area contributed by atoms with E-state index in [0.717, 1.165) is 23.2 Å². The summed E-state index contributed by atoms with van der Waals surface area (Å²) in [4.78, 5) is 12.7. The number of nitrogens with two attached hydrogens (primary N) is 1. The number of hydrogen-bond donors (Lipinski definition) is 1. The molecular weight excluding hydrogens is 372 g/mol. The lowest BCUT2D eigenvalue weighted by Gasteiger charge is -2.30. The van der Waals surface area contributed by atoms with Crippen LogP contribution in [0, 0.1) is 0 Å². The van der Waals surface area contributed by atoms with Crippen LogP contribution in [0.3, 0.4) is 0 Å². The van der Waals surface area contributed by atoms with Gasteiger partial charge in [-0.05, 0) is 12.8 Å². The third-order valence-electron chi connectivity index (χ3n) is 5.49. The van der Waals surface area contributed by atoms with Gasteiger partial charge in [-0.1, -0.05) is 58.3 Å². The first-order valence-corrected chi connectivity index (χ1v) is 10.8. The number of fused-ring (bicyclic) bond motifs is 1. The van der Waals surface area contributed by atoms with Crippen LogP contribution in [-0.4, -0.2) is 51.2 Å². The van der Waals surface area contributed by atoms with Gasteiger partial charge in [0.25, 0.3) is 0 Å². The van der Waals surface area contributed by atoms with Crippen molar-refractivity contribution in [3.63, 3.8) is 0 Å². The van der Waals surface area contributed by atoms with E-state index in [4.69, 9.17) is 5.73 Å². The molecule has 7 heteroatoms. The molecular formula is C21H40ClN6+. The summed E-state index contributed by atoms with van der Waals surface area (Å²) in [6.07, 6.45) is 17.2. The molecule has 160 valence electrons. The molecule has 2 aromatic heterocycles. The molecule has 2 heterocycles. The molecule has 0 fully saturated rings. The van der Waals surface area contributed by atoms with Gasteiger partial charge in [0.15, 0.2) is 11.5 Å². The van der Waals surface area contributed by atoms with Crippen molar-refractivity contribution in [3.8, 4) is 0 Å². The highest BCUT2D eigenvalue weighted by Gasteiger charge is 2.16. The highest BCUT2D eigenvalue weighted by atomic mass is 35.5. The number of nitrogen functional groups attached to an aromatic ring is 1. The Balaban J connectivity index is 0.00000392. The normalized spacial score (nSPS) is 11.7. The van der Waals surface area contributed by atoms with Gasteiger partial charge in [0, 0.05) is 0 Å². The summed E-state index contributed by atoms with van der Waals surface area (Å²) in [5.74, 6) is 0.456. The van der Waals surface area contributed by atoms with Crippen molar-refractivity contribution in [3.05, 3.63) is 12.7 Å². The van der Waals surface area contributed by atoms with E-state index < -0.39 is 0 Å². The average Bonchev–Trinajstić information content (AvgIpc) is 3.06. The summed E-state index contributed by atoms with van der Waals surface area (Å²) in [6.45, 7) is 5.46. The summed E-state index contributed by atoms with van der Waals surface area (Å²) < 4.78 is 3.11. The van der Waals surface area contributed by atoms with Crippen LogP contribution >= 0.6 is 12.4 Å². The molecule has 28 heavy (non-hydrogen) atoms. The Bertz CT molecular complexity index is 670. The molecule has 0 radical (unpaired) electrons. The number of hydrogen-bond acceptors (Lipinski definition) is 4. The van der Waals surface area contributed by atoms with Gasteiger partial charge in [-0.15, -0.1) is 12.4 Å². The third-order valence-corrected chi connectivity index (χ3v) is 5.49. The molecule has 0 amide bonds. The van der Waals surface area contributed by atoms with Gasteiger partial charge in [-0.25, -0.2) is 15.0 Å². The van der Waals surface area contributed by atoms with Crippen molar-refractivity contribution in [1.82, 2.24) is 19.5 Å². The number of rotatable bonds is 14. The van der Waals surface area contributed by atoms with Gasteiger partial charge in [0.2, 0.25) is 0 Å². The topological polar surface area (TPSA) is 69.6 Å². The Labute approximate surface area is 176 Å². The number of anilines is 1. The SMILES string of the molecule is CCCCCCCCCCCC[N+](C)(C)CCn1cnc2c(N)ncnc21.Cl. The average molecular weight is 412 g/mol. The zero-order chi connectivity index (χ0) is 19.5. The maximum absolute atomic E-state index is 5.87. The summed E-state index contributed by atoms with van der Waals surface area (Å²) in [7, 11) is 4.63. The first-order valence-electron chi connectivity index (χ1n) is 10.8. The molecule has 0 atom stereocenters. The van der Waals surface area contributed by atoms with Gasteiger partial charge in [-0.2, -0.15) is 0 Å². The fourth-order valence-electron chi connectivity index (χ4n) is 3.58. The van der Waals surface area contributed by atoms with Crippen LogP contribution in [0.2, 0.25) is 0 Å². The van der Waals surface area contributed by atoms with Crippen molar-refractivity contribution >= 4 is 29.4 Å². The Morgan fingerprint density at radius 2 is 1.46 bits per heavy atom. The molecule has 0 aromatic carbocycles. The van der Waals surface area contributed by atoms with Crippen LogP contribution in [0.4, 0.5) is 5.82 Å². The number of quaternary nitrogens is 1. The minimum Gasteiger partial charge on any atom is -0.382 e. The van der Waals surface area contributed by atoms with Crippen LogP contribution in [0.1, 0.15) is 71.1 Å². The summed E-state index contributed by atoms with van der Waals surface area (Å²) in [5.41, 5.74) is 7.41. The zero-order valence-corrected chi connectivity index (χ0v) is 18.9. The number of unbranched alkanes of at least 4 members (excludes halogenated alkanes) is 9. The number of aromatic nitrogens is 4. The fourth-order valence-corrected chi connectivity index (χ4v) is 3.58. The maximum atomic E-state index is 5.87. The molecule has 0 unspecified atom stereocenters. The summed E-state index contributed by atoms with van der Waals surface area (Å²) in [5, 5.41) is 0. The molecule has 0 saturated heterocycles. The van der Waals surface area contributed by atoms with Crippen molar-refractivity contribution in [2.24, 2.45) is 0 Å². The highest BCUT2D eigenvalue weighted by molar-refractivity contribution is 5.85. The van der Waals surface area contributed by atoms with Crippen LogP contribution < -0.4 is 5.73 Å². The van der Waals surface area contributed by atoms with Gasteiger partial charge in [-0.3, -0.25) is 0 Å². The van der Waals surface area contributed by atoms with Crippen LogP contribution in [0.25, 0.3) is 11.2 Å². The van der Waals surface area contributed by atoms with Crippen molar-refractivity contribution in [2.75, 3.05) is 32.9 Å². The third kappa shape index (κ3) is 8.31. The van der Waals surface area contributed by atoms with E-state index in [1.54, 1.807) is 0 Å². The second kappa shape index (κ2) is 12.9. The smallest absolute Gasteiger partial charge is 0.165 e. The molecule has 2 rings (SSSR count). The Hall–Kier alpha value is -1.40. The predicted octanol–water partition coefficient (Wildman–Crippen LogP) is 4.83. The largest absolute Gasteiger partial charge is 0.382 e. The van der Waals surface area contributed by atoms with Crippen LogP contribution in [0.15, 0.2) is 12.7 Å².